The predicted molar refractivity (Wildman–Crippen MR) is 98.5 cm³/mol. The Morgan fingerprint density at radius 2 is 1.85 bits per heavy atom. The second-order valence-electron chi connectivity index (χ2n) is 6.06. The molecule has 1 aliphatic heterocycles. The van der Waals surface area contributed by atoms with Gasteiger partial charge in [0.2, 0.25) is 5.91 Å². The number of hydrogen-bond donors (Lipinski definition) is 0. The van der Waals surface area contributed by atoms with Gasteiger partial charge >= 0.3 is 5.97 Å². The van der Waals surface area contributed by atoms with Crippen LogP contribution in [0, 0.1) is 0 Å². The first-order valence-electron chi connectivity index (χ1n) is 8.96. The molecule has 0 saturated heterocycles. The fraction of sp³-hybridized carbons (Fsp3) is 0.421. The van der Waals surface area contributed by atoms with Gasteiger partial charge in [-0.2, -0.15) is 0 Å². The zero-order chi connectivity index (χ0) is 18.7. The van der Waals surface area contributed by atoms with E-state index in [2.05, 4.69) is 9.88 Å². The number of imidazole rings is 1. The summed E-state index contributed by atoms with van der Waals surface area (Å²) in [5.41, 5.74) is 1.92. The third-order valence-corrected chi connectivity index (χ3v) is 4.55. The standard InChI is InChI=1S/C19H24N4O3/c1-4-21(5-2)13-18(24)23-12-17-20-14(19(25)26-6-3)11-22(17)15-9-7-8-10-16(15)23/h7-11H,4-6,12-13H2,1-3H3. The van der Waals surface area contributed by atoms with Crippen LogP contribution >= 0.6 is 0 Å². The van der Waals surface area contributed by atoms with Crippen molar-refractivity contribution in [2.75, 3.05) is 31.1 Å². The molecule has 1 amide bonds. The number of amides is 1. The minimum atomic E-state index is -0.451. The van der Waals surface area contributed by atoms with Gasteiger partial charge in [-0.25, -0.2) is 9.78 Å². The van der Waals surface area contributed by atoms with Crippen LogP contribution < -0.4 is 4.90 Å². The van der Waals surface area contributed by atoms with Crippen molar-refractivity contribution in [2.45, 2.75) is 27.3 Å². The molecule has 3 rings (SSSR count). The van der Waals surface area contributed by atoms with Crippen molar-refractivity contribution < 1.29 is 14.3 Å². The third kappa shape index (κ3) is 3.35. The van der Waals surface area contributed by atoms with Gasteiger partial charge in [-0.05, 0) is 32.1 Å². The Bertz CT molecular complexity index is 811. The molecule has 0 radical (unpaired) electrons. The number of anilines is 1. The van der Waals surface area contributed by atoms with Crippen LogP contribution in [0.25, 0.3) is 5.69 Å². The average Bonchev–Trinajstić information content (AvgIpc) is 3.10. The van der Waals surface area contributed by atoms with Gasteiger partial charge in [0.25, 0.3) is 0 Å². The molecule has 2 aromatic rings. The number of benzene rings is 1. The second-order valence-corrected chi connectivity index (χ2v) is 6.06. The van der Waals surface area contributed by atoms with Crippen molar-refractivity contribution in [2.24, 2.45) is 0 Å². The number of carbonyl (C=O) groups excluding carboxylic acids is 2. The van der Waals surface area contributed by atoms with Crippen LogP contribution in [0.4, 0.5) is 5.69 Å². The summed E-state index contributed by atoms with van der Waals surface area (Å²) in [7, 11) is 0. The van der Waals surface area contributed by atoms with E-state index in [4.69, 9.17) is 4.74 Å². The van der Waals surface area contributed by atoms with Gasteiger partial charge in [0.05, 0.1) is 31.1 Å². The van der Waals surface area contributed by atoms with Crippen LogP contribution in [0.2, 0.25) is 0 Å². The highest BCUT2D eigenvalue weighted by atomic mass is 16.5. The molecule has 138 valence electrons. The van der Waals surface area contributed by atoms with E-state index < -0.39 is 5.97 Å². The van der Waals surface area contributed by atoms with Gasteiger partial charge in [-0.15, -0.1) is 0 Å². The molecule has 0 fully saturated rings. The van der Waals surface area contributed by atoms with Crippen LogP contribution in [0.1, 0.15) is 37.1 Å². The maximum atomic E-state index is 12.9. The molecule has 1 aromatic carbocycles. The lowest BCUT2D eigenvalue weighted by Crippen LogP contribution is -2.42. The summed E-state index contributed by atoms with van der Waals surface area (Å²) in [5.74, 6) is 0.223. The van der Waals surface area contributed by atoms with Gasteiger partial charge in [0.1, 0.15) is 5.82 Å². The maximum absolute atomic E-state index is 12.9. The van der Waals surface area contributed by atoms with E-state index in [1.807, 2.05) is 42.7 Å². The zero-order valence-corrected chi connectivity index (χ0v) is 15.4. The van der Waals surface area contributed by atoms with E-state index in [0.29, 0.717) is 25.5 Å². The zero-order valence-electron chi connectivity index (χ0n) is 15.4. The Morgan fingerprint density at radius 3 is 2.50 bits per heavy atom. The molecule has 7 heteroatoms. The number of likely N-dealkylation sites (N-methyl/N-ethyl adjacent to an activating group) is 1. The molecular formula is C19H24N4O3. The van der Waals surface area contributed by atoms with E-state index in [9.17, 15) is 9.59 Å². The van der Waals surface area contributed by atoms with Crippen molar-refractivity contribution in [3.8, 4) is 5.69 Å². The molecule has 2 heterocycles. The topological polar surface area (TPSA) is 67.7 Å². The highest BCUT2D eigenvalue weighted by Crippen LogP contribution is 2.32. The number of fused-ring (bicyclic) bond motifs is 3. The van der Waals surface area contributed by atoms with Crippen molar-refractivity contribution in [1.29, 1.82) is 0 Å². The first-order chi connectivity index (χ1) is 12.6. The summed E-state index contributed by atoms with van der Waals surface area (Å²) >= 11 is 0. The summed E-state index contributed by atoms with van der Waals surface area (Å²) in [4.78, 5) is 33.1. The van der Waals surface area contributed by atoms with Gasteiger partial charge < -0.3 is 9.64 Å². The Balaban J connectivity index is 1.95. The first-order valence-corrected chi connectivity index (χ1v) is 8.96. The van der Waals surface area contributed by atoms with Gasteiger partial charge in [-0.1, -0.05) is 26.0 Å². The van der Waals surface area contributed by atoms with Gasteiger partial charge in [0.15, 0.2) is 5.69 Å². The normalized spacial score (nSPS) is 12.7. The van der Waals surface area contributed by atoms with E-state index in [-0.39, 0.29) is 11.6 Å². The number of carbonyl (C=O) groups is 2. The monoisotopic (exact) mass is 356 g/mol. The maximum Gasteiger partial charge on any atom is 0.358 e. The lowest BCUT2D eigenvalue weighted by Gasteiger charge is -2.31. The van der Waals surface area contributed by atoms with E-state index >= 15 is 0 Å². The smallest absolute Gasteiger partial charge is 0.358 e. The summed E-state index contributed by atoms with van der Waals surface area (Å²) < 4.78 is 6.91. The molecule has 0 spiro atoms. The van der Waals surface area contributed by atoms with Crippen LogP contribution in [0.5, 0.6) is 0 Å². The highest BCUT2D eigenvalue weighted by Gasteiger charge is 2.29. The number of para-hydroxylation sites is 2. The molecule has 1 aliphatic rings. The Labute approximate surface area is 153 Å². The van der Waals surface area contributed by atoms with Gasteiger partial charge in [0, 0.05) is 6.20 Å². The van der Waals surface area contributed by atoms with Crippen molar-refractivity contribution >= 4 is 17.6 Å². The number of rotatable bonds is 6. The number of nitrogens with zero attached hydrogens (tertiary/aromatic N) is 4. The largest absolute Gasteiger partial charge is 0.461 e. The summed E-state index contributed by atoms with van der Waals surface area (Å²) in [6.45, 7) is 8.46. The van der Waals surface area contributed by atoms with Gasteiger partial charge in [-0.3, -0.25) is 14.3 Å². The number of ether oxygens (including phenoxy) is 1. The molecule has 0 bridgehead atoms. The van der Waals surface area contributed by atoms with E-state index in [1.165, 1.54) is 0 Å². The molecule has 26 heavy (non-hydrogen) atoms. The molecular weight excluding hydrogens is 332 g/mol. The van der Waals surface area contributed by atoms with Crippen LogP contribution in [-0.2, 0) is 16.1 Å². The quantitative estimate of drug-likeness (QED) is 0.743. The molecule has 0 N–H and O–H groups in total. The fourth-order valence-electron chi connectivity index (χ4n) is 3.11. The van der Waals surface area contributed by atoms with Crippen LogP contribution in [0.15, 0.2) is 30.5 Å². The minimum Gasteiger partial charge on any atom is -0.461 e. The number of aromatic nitrogens is 2. The summed E-state index contributed by atoms with van der Waals surface area (Å²) in [5, 5.41) is 0. The van der Waals surface area contributed by atoms with Crippen molar-refractivity contribution in [1.82, 2.24) is 14.5 Å². The molecule has 0 unspecified atom stereocenters. The minimum absolute atomic E-state index is 0.0214. The predicted octanol–water partition coefficient (Wildman–Crippen LogP) is 2.24. The highest BCUT2D eigenvalue weighted by molar-refractivity contribution is 5.97. The SMILES string of the molecule is CCOC(=O)c1cn2c(n1)CN(C(=O)CN(CC)CC)c1ccccc1-2. The van der Waals surface area contributed by atoms with E-state index in [1.54, 1.807) is 18.0 Å². The van der Waals surface area contributed by atoms with E-state index in [0.717, 1.165) is 24.5 Å². The molecule has 0 aliphatic carbocycles. The Kier molecular flexibility index (Phi) is 5.37. The number of hydrogen-bond acceptors (Lipinski definition) is 5. The molecule has 0 saturated carbocycles. The van der Waals surface area contributed by atoms with Crippen LogP contribution in [0.3, 0.4) is 0 Å². The van der Waals surface area contributed by atoms with Crippen molar-refractivity contribution in [3.05, 3.63) is 42.0 Å². The first kappa shape index (κ1) is 18.1. The Morgan fingerprint density at radius 1 is 1.15 bits per heavy atom. The summed E-state index contributed by atoms with van der Waals surface area (Å²) in [6.07, 6.45) is 1.68. The second kappa shape index (κ2) is 7.70. The Hall–Kier alpha value is -2.67. The summed E-state index contributed by atoms with van der Waals surface area (Å²) in [6, 6.07) is 7.66. The number of esters is 1. The lowest BCUT2D eigenvalue weighted by atomic mass is 10.2. The molecule has 7 nitrogen and oxygen atoms in total. The van der Waals surface area contributed by atoms with Crippen molar-refractivity contribution in [3.63, 3.8) is 0 Å². The third-order valence-electron chi connectivity index (χ3n) is 4.55. The average molecular weight is 356 g/mol. The fourth-order valence-corrected chi connectivity index (χ4v) is 3.11. The lowest BCUT2D eigenvalue weighted by molar-refractivity contribution is -0.119. The van der Waals surface area contributed by atoms with Crippen LogP contribution in [-0.4, -0.2) is 52.6 Å². The molecule has 1 aromatic heterocycles. The molecule has 0 atom stereocenters.